The molecule has 0 spiro atoms. The van der Waals surface area contributed by atoms with E-state index in [1.165, 1.54) is 6.07 Å². The highest BCUT2D eigenvalue weighted by atomic mass is 35.5. The van der Waals surface area contributed by atoms with Gasteiger partial charge in [-0.1, -0.05) is 41.9 Å². The third kappa shape index (κ3) is 3.62. The molecule has 36 heavy (non-hydrogen) atoms. The first-order chi connectivity index (χ1) is 17.5. The van der Waals surface area contributed by atoms with Gasteiger partial charge in [-0.15, -0.1) is 0 Å². The van der Waals surface area contributed by atoms with E-state index in [1.807, 2.05) is 6.07 Å². The molecule has 0 bridgehead atoms. The van der Waals surface area contributed by atoms with Crippen LogP contribution in [-0.4, -0.2) is 22.7 Å². The van der Waals surface area contributed by atoms with Gasteiger partial charge < -0.3 is 9.73 Å². The number of carbonyl (C=O) groups excluding carboxylic acids is 3. The van der Waals surface area contributed by atoms with Crippen molar-refractivity contribution in [2.24, 2.45) is 0 Å². The van der Waals surface area contributed by atoms with E-state index in [-0.39, 0.29) is 5.56 Å². The van der Waals surface area contributed by atoms with Gasteiger partial charge in [0.15, 0.2) is 5.58 Å². The maximum Gasteiger partial charge on any atom is 0.266 e. The quantitative estimate of drug-likeness (QED) is 0.301. The van der Waals surface area contributed by atoms with E-state index < -0.39 is 17.7 Å². The molecule has 0 unspecified atom stereocenters. The summed E-state index contributed by atoms with van der Waals surface area (Å²) in [6.07, 6.45) is 0. The summed E-state index contributed by atoms with van der Waals surface area (Å²) in [6.45, 7) is 0. The van der Waals surface area contributed by atoms with E-state index in [2.05, 4.69) is 10.3 Å². The molecule has 1 aromatic heterocycles. The fourth-order valence-corrected chi connectivity index (χ4v) is 4.37. The number of aromatic nitrogens is 1. The van der Waals surface area contributed by atoms with E-state index in [0.29, 0.717) is 50.1 Å². The van der Waals surface area contributed by atoms with Crippen LogP contribution in [0.3, 0.4) is 0 Å². The van der Waals surface area contributed by atoms with Crippen LogP contribution in [0.1, 0.15) is 31.1 Å². The molecule has 1 aliphatic rings. The lowest BCUT2D eigenvalue weighted by Gasteiger charge is -2.15. The van der Waals surface area contributed by atoms with Crippen molar-refractivity contribution in [2.45, 2.75) is 0 Å². The second-order valence-corrected chi connectivity index (χ2v) is 8.61. The molecule has 0 atom stereocenters. The first-order valence-corrected chi connectivity index (χ1v) is 11.4. The van der Waals surface area contributed by atoms with Crippen LogP contribution in [0.15, 0.2) is 95.4 Å². The fraction of sp³-hybridized carbons (Fsp3) is 0. The zero-order chi connectivity index (χ0) is 24.8. The Morgan fingerprint density at radius 2 is 1.50 bits per heavy atom. The summed E-state index contributed by atoms with van der Waals surface area (Å²) in [4.78, 5) is 44.5. The van der Waals surface area contributed by atoms with Gasteiger partial charge in [-0.25, -0.2) is 9.88 Å². The van der Waals surface area contributed by atoms with E-state index in [1.54, 1.807) is 78.9 Å². The number of benzene rings is 4. The standard InChI is InChI=1S/C28H16ClN3O4/c29-17-12-13-24-23(15-17)31-26(36-24)21-10-3-4-11-22(21)30-25(33)16-6-5-7-18(14-16)32-27(34)19-8-1-2-9-20(19)28(32)35/h1-15H,(H,30,33). The number of hydrogen-bond acceptors (Lipinski definition) is 5. The van der Waals surface area contributed by atoms with Gasteiger partial charge in [-0.05, 0) is 60.7 Å². The first kappa shape index (κ1) is 21.8. The van der Waals surface area contributed by atoms with Crippen molar-refractivity contribution in [3.63, 3.8) is 0 Å². The Labute approximate surface area is 209 Å². The van der Waals surface area contributed by atoms with Crippen LogP contribution in [0.25, 0.3) is 22.6 Å². The highest BCUT2D eigenvalue weighted by molar-refractivity contribution is 6.34. The monoisotopic (exact) mass is 493 g/mol. The van der Waals surface area contributed by atoms with Crippen LogP contribution < -0.4 is 10.2 Å². The Balaban J connectivity index is 1.30. The lowest BCUT2D eigenvalue weighted by Crippen LogP contribution is -2.29. The van der Waals surface area contributed by atoms with Gasteiger partial charge in [-0.2, -0.15) is 0 Å². The lowest BCUT2D eigenvalue weighted by molar-refractivity contribution is 0.0924. The van der Waals surface area contributed by atoms with Crippen LogP contribution in [0, 0.1) is 0 Å². The molecule has 3 amide bonds. The van der Waals surface area contributed by atoms with Crippen molar-refractivity contribution < 1.29 is 18.8 Å². The first-order valence-electron chi connectivity index (χ1n) is 11.0. The molecule has 5 aromatic rings. The normalized spacial score (nSPS) is 12.8. The van der Waals surface area contributed by atoms with Crippen LogP contribution in [0.2, 0.25) is 5.02 Å². The second-order valence-electron chi connectivity index (χ2n) is 8.17. The molecule has 0 saturated carbocycles. The zero-order valence-corrected chi connectivity index (χ0v) is 19.3. The van der Waals surface area contributed by atoms with Crippen molar-refractivity contribution in [3.8, 4) is 11.5 Å². The van der Waals surface area contributed by atoms with Crippen molar-refractivity contribution in [1.29, 1.82) is 0 Å². The second kappa shape index (κ2) is 8.48. The van der Waals surface area contributed by atoms with Gasteiger partial charge in [0.1, 0.15) is 5.52 Å². The summed E-state index contributed by atoms with van der Waals surface area (Å²) in [5, 5.41) is 3.43. The largest absolute Gasteiger partial charge is 0.436 e. The molecule has 4 aromatic carbocycles. The maximum absolute atomic E-state index is 13.2. The molecule has 0 fully saturated rings. The van der Waals surface area contributed by atoms with E-state index in [9.17, 15) is 14.4 Å². The summed E-state index contributed by atoms with van der Waals surface area (Å²) >= 11 is 6.06. The molecule has 1 aliphatic heterocycles. The molecule has 1 N–H and O–H groups in total. The van der Waals surface area contributed by atoms with Crippen molar-refractivity contribution >= 4 is 51.8 Å². The highest BCUT2D eigenvalue weighted by Gasteiger charge is 2.36. The number of nitrogens with one attached hydrogen (secondary N) is 1. The molecule has 2 heterocycles. The average molecular weight is 494 g/mol. The minimum absolute atomic E-state index is 0.281. The Hall–Kier alpha value is -4.75. The summed E-state index contributed by atoms with van der Waals surface area (Å²) in [5.41, 5.74) is 3.54. The third-order valence-corrected chi connectivity index (χ3v) is 6.15. The zero-order valence-electron chi connectivity index (χ0n) is 18.6. The van der Waals surface area contributed by atoms with Crippen LogP contribution in [-0.2, 0) is 0 Å². The van der Waals surface area contributed by atoms with Gasteiger partial charge in [-0.3, -0.25) is 14.4 Å². The topological polar surface area (TPSA) is 92.5 Å². The predicted molar refractivity (Wildman–Crippen MR) is 136 cm³/mol. The number of para-hydroxylation sites is 1. The smallest absolute Gasteiger partial charge is 0.266 e. The fourth-order valence-electron chi connectivity index (χ4n) is 4.20. The lowest BCUT2D eigenvalue weighted by atomic mass is 10.1. The van der Waals surface area contributed by atoms with E-state index in [0.717, 1.165) is 4.90 Å². The molecule has 6 rings (SSSR count). The van der Waals surface area contributed by atoms with Gasteiger partial charge >= 0.3 is 0 Å². The van der Waals surface area contributed by atoms with Gasteiger partial charge in [0.2, 0.25) is 5.89 Å². The van der Waals surface area contributed by atoms with Crippen LogP contribution in [0.4, 0.5) is 11.4 Å². The number of amides is 3. The number of halogens is 1. The number of hydrogen-bond donors (Lipinski definition) is 1. The number of oxazole rings is 1. The number of anilines is 2. The summed E-state index contributed by atoms with van der Waals surface area (Å²) < 4.78 is 5.88. The maximum atomic E-state index is 13.2. The minimum Gasteiger partial charge on any atom is -0.436 e. The Kier molecular flexibility index (Phi) is 5.13. The highest BCUT2D eigenvalue weighted by Crippen LogP contribution is 2.32. The number of nitrogens with zero attached hydrogens (tertiary/aromatic N) is 2. The Morgan fingerprint density at radius 3 is 2.25 bits per heavy atom. The number of carbonyl (C=O) groups is 3. The van der Waals surface area contributed by atoms with E-state index in [4.69, 9.17) is 16.0 Å². The molecular formula is C28H16ClN3O4. The molecule has 0 saturated heterocycles. The Morgan fingerprint density at radius 1 is 0.806 bits per heavy atom. The van der Waals surface area contributed by atoms with Gasteiger partial charge in [0.25, 0.3) is 17.7 Å². The van der Waals surface area contributed by atoms with Gasteiger partial charge in [0, 0.05) is 10.6 Å². The molecule has 174 valence electrons. The number of rotatable bonds is 4. The summed E-state index contributed by atoms with van der Waals surface area (Å²) in [6, 6.07) is 25.3. The predicted octanol–water partition coefficient (Wildman–Crippen LogP) is 6.20. The molecule has 8 heteroatoms. The van der Waals surface area contributed by atoms with Crippen molar-refractivity contribution in [1.82, 2.24) is 4.98 Å². The molecule has 0 aliphatic carbocycles. The molecule has 0 radical (unpaired) electrons. The van der Waals surface area contributed by atoms with Crippen LogP contribution >= 0.6 is 11.6 Å². The molecular weight excluding hydrogens is 478 g/mol. The summed E-state index contributed by atoms with van der Waals surface area (Å²) in [7, 11) is 0. The Bertz CT molecular complexity index is 1670. The van der Waals surface area contributed by atoms with Crippen molar-refractivity contribution in [2.75, 3.05) is 10.2 Å². The van der Waals surface area contributed by atoms with E-state index >= 15 is 0 Å². The number of imide groups is 1. The molecule has 7 nitrogen and oxygen atoms in total. The summed E-state index contributed by atoms with van der Waals surface area (Å²) in [5.74, 6) is -0.924. The minimum atomic E-state index is -0.422. The third-order valence-electron chi connectivity index (χ3n) is 5.92. The van der Waals surface area contributed by atoms with Crippen LogP contribution in [0.5, 0.6) is 0 Å². The SMILES string of the molecule is O=C(Nc1ccccc1-c1nc2cc(Cl)ccc2o1)c1cccc(N2C(=O)c3ccccc3C2=O)c1. The van der Waals surface area contributed by atoms with Crippen molar-refractivity contribution in [3.05, 3.63) is 113 Å². The van der Waals surface area contributed by atoms with Gasteiger partial charge in [0.05, 0.1) is 28.1 Å². The number of fused-ring (bicyclic) bond motifs is 2. The average Bonchev–Trinajstić information content (AvgIpc) is 3.42.